The minimum atomic E-state index is -0.486. The molecule has 1 aliphatic rings. The second kappa shape index (κ2) is 12.5. The number of H-pyrrole nitrogens is 1. The molecule has 3 heterocycles. The number of carbonyl (C=O) groups excluding carboxylic acids is 1. The number of aromatic amines is 1. The number of pyridine rings is 1. The molecule has 10 heteroatoms. The number of benzene rings is 2. The smallest absolute Gasteiger partial charge is 0.414 e. The molecular formula is C33H34N6O4. The molecule has 220 valence electrons. The van der Waals surface area contributed by atoms with Crippen LogP contribution >= 0.6 is 0 Å². The van der Waals surface area contributed by atoms with E-state index >= 15 is 0 Å². The number of carbonyl (C=O) groups is 1. The van der Waals surface area contributed by atoms with Crippen molar-refractivity contribution in [3.63, 3.8) is 0 Å². The van der Waals surface area contributed by atoms with Crippen LogP contribution in [0.1, 0.15) is 55.0 Å². The fraction of sp³-hybridized carbons (Fsp3) is 0.303. The molecule has 1 saturated carbocycles. The van der Waals surface area contributed by atoms with E-state index in [0.29, 0.717) is 33.9 Å². The van der Waals surface area contributed by atoms with Crippen molar-refractivity contribution in [2.24, 2.45) is 0 Å². The van der Waals surface area contributed by atoms with Crippen molar-refractivity contribution < 1.29 is 14.3 Å². The summed E-state index contributed by atoms with van der Waals surface area (Å²) >= 11 is 0. The number of hydrogen-bond acceptors (Lipinski definition) is 7. The third kappa shape index (κ3) is 5.99. The van der Waals surface area contributed by atoms with Gasteiger partial charge < -0.3 is 14.5 Å². The van der Waals surface area contributed by atoms with E-state index in [1.165, 1.54) is 6.42 Å². The second-order valence-electron chi connectivity index (χ2n) is 10.8. The van der Waals surface area contributed by atoms with Gasteiger partial charge >= 0.3 is 6.09 Å². The molecule has 0 spiro atoms. The molecule has 0 radical (unpaired) electrons. The van der Waals surface area contributed by atoms with Crippen LogP contribution in [0, 0.1) is 6.92 Å². The predicted octanol–water partition coefficient (Wildman–Crippen LogP) is 6.35. The van der Waals surface area contributed by atoms with Crippen molar-refractivity contribution in [2.45, 2.75) is 58.2 Å². The van der Waals surface area contributed by atoms with Gasteiger partial charge in [0.25, 0.3) is 5.56 Å². The highest BCUT2D eigenvalue weighted by atomic mass is 16.6. The monoisotopic (exact) mass is 578 g/mol. The highest BCUT2D eigenvalue weighted by molar-refractivity contribution is 5.87. The van der Waals surface area contributed by atoms with Crippen molar-refractivity contribution in [1.82, 2.24) is 24.7 Å². The molecule has 0 saturated heterocycles. The Morgan fingerprint density at radius 2 is 1.79 bits per heavy atom. The quantitative estimate of drug-likeness (QED) is 0.228. The highest BCUT2D eigenvalue weighted by Gasteiger charge is 2.24. The van der Waals surface area contributed by atoms with Crippen LogP contribution in [0.15, 0.2) is 77.9 Å². The summed E-state index contributed by atoms with van der Waals surface area (Å²) in [6.07, 6.45) is 8.31. The van der Waals surface area contributed by atoms with E-state index in [2.05, 4.69) is 9.97 Å². The minimum Gasteiger partial charge on any atom is -0.496 e. The number of hydrogen-bond donors (Lipinski definition) is 1. The Labute approximate surface area is 249 Å². The fourth-order valence-corrected chi connectivity index (χ4v) is 5.70. The van der Waals surface area contributed by atoms with Crippen LogP contribution in [0.25, 0.3) is 22.4 Å². The normalized spacial score (nSPS) is 13.6. The van der Waals surface area contributed by atoms with E-state index in [-0.39, 0.29) is 24.8 Å². The summed E-state index contributed by atoms with van der Waals surface area (Å²) in [5, 5.41) is 4.73. The first-order valence-electron chi connectivity index (χ1n) is 14.6. The molecule has 0 atom stereocenters. The Hall–Kier alpha value is -4.99. The Balaban J connectivity index is 1.29. The second-order valence-corrected chi connectivity index (χ2v) is 10.8. The zero-order valence-electron chi connectivity index (χ0n) is 24.3. The summed E-state index contributed by atoms with van der Waals surface area (Å²) in [7, 11) is 1.57. The van der Waals surface area contributed by atoms with E-state index in [1.54, 1.807) is 36.5 Å². The van der Waals surface area contributed by atoms with Crippen molar-refractivity contribution in [3.8, 4) is 17.1 Å². The molecule has 1 N–H and O–H groups in total. The molecule has 0 bridgehead atoms. The van der Waals surface area contributed by atoms with Gasteiger partial charge in [0, 0.05) is 12.4 Å². The van der Waals surface area contributed by atoms with Crippen molar-refractivity contribution in [2.75, 3.05) is 12.0 Å². The number of anilines is 1. The summed E-state index contributed by atoms with van der Waals surface area (Å²) in [4.78, 5) is 40.1. The first kappa shape index (κ1) is 28.1. The average molecular weight is 579 g/mol. The van der Waals surface area contributed by atoms with Crippen molar-refractivity contribution in [1.29, 1.82) is 0 Å². The van der Waals surface area contributed by atoms with Gasteiger partial charge in [-0.2, -0.15) is 5.10 Å². The molecule has 10 nitrogen and oxygen atoms in total. The third-order valence-corrected chi connectivity index (χ3v) is 7.91. The van der Waals surface area contributed by atoms with Crippen LogP contribution < -0.4 is 15.2 Å². The third-order valence-electron chi connectivity index (χ3n) is 7.91. The summed E-state index contributed by atoms with van der Waals surface area (Å²) in [5.74, 6) is 0.921. The first-order valence-corrected chi connectivity index (χ1v) is 14.6. The van der Waals surface area contributed by atoms with Crippen LogP contribution in [0.3, 0.4) is 0 Å². The molecule has 1 aliphatic carbocycles. The Kier molecular flexibility index (Phi) is 8.17. The molecule has 3 aromatic heterocycles. The van der Waals surface area contributed by atoms with E-state index in [0.717, 1.165) is 42.5 Å². The number of rotatable bonds is 8. The molecule has 0 unspecified atom stereocenters. The van der Waals surface area contributed by atoms with Gasteiger partial charge in [0.1, 0.15) is 23.7 Å². The number of ether oxygens (including phenoxy) is 2. The van der Waals surface area contributed by atoms with E-state index in [1.807, 2.05) is 60.1 Å². The maximum Gasteiger partial charge on any atom is 0.414 e. The molecule has 5 aromatic rings. The standard InChI is InChI=1S/C33H34N6O4/c1-22-29-30(39(37-22)26-11-7-4-8-12-26)32(40)36-31(35-29)27-14-13-24(19-28(27)42-2)20-38(25-15-17-34-18-16-25)33(41)43-21-23-9-5-3-6-10-23/h3,5-6,9-10,13-19,26H,4,7-8,11-12,20-21H2,1-2H3,(H,35,36,40). The van der Waals surface area contributed by atoms with Gasteiger partial charge in [-0.15, -0.1) is 0 Å². The minimum absolute atomic E-state index is 0.155. The number of aromatic nitrogens is 5. The number of fused-ring (bicyclic) bond motifs is 1. The maximum absolute atomic E-state index is 13.4. The number of nitrogens with zero attached hydrogens (tertiary/aromatic N) is 5. The Bertz CT molecular complexity index is 1780. The maximum atomic E-state index is 13.4. The van der Waals surface area contributed by atoms with Gasteiger partial charge in [-0.1, -0.05) is 55.7 Å². The summed E-state index contributed by atoms with van der Waals surface area (Å²) in [6, 6.07) is 18.9. The average Bonchev–Trinajstić information content (AvgIpc) is 3.40. The fourth-order valence-electron chi connectivity index (χ4n) is 5.70. The van der Waals surface area contributed by atoms with E-state index in [9.17, 15) is 9.59 Å². The first-order chi connectivity index (χ1) is 21.0. The summed E-state index contributed by atoms with van der Waals surface area (Å²) in [5.41, 5.74) is 4.61. The zero-order valence-corrected chi connectivity index (χ0v) is 24.3. The van der Waals surface area contributed by atoms with Crippen LogP contribution in [-0.2, 0) is 17.9 Å². The van der Waals surface area contributed by atoms with Gasteiger partial charge in [-0.3, -0.25) is 19.4 Å². The van der Waals surface area contributed by atoms with Crippen molar-refractivity contribution in [3.05, 3.63) is 100 Å². The largest absolute Gasteiger partial charge is 0.496 e. The lowest BCUT2D eigenvalue weighted by Gasteiger charge is -2.23. The van der Waals surface area contributed by atoms with E-state index < -0.39 is 6.09 Å². The number of aryl methyl sites for hydroxylation is 1. The number of amides is 1. The lowest BCUT2D eigenvalue weighted by atomic mass is 9.95. The molecule has 43 heavy (non-hydrogen) atoms. The molecular weight excluding hydrogens is 544 g/mol. The molecule has 0 aliphatic heterocycles. The van der Waals surface area contributed by atoms with Gasteiger partial charge in [-0.25, -0.2) is 9.78 Å². The van der Waals surface area contributed by atoms with Gasteiger partial charge in [-0.05, 0) is 55.2 Å². The van der Waals surface area contributed by atoms with Gasteiger partial charge in [0.2, 0.25) is 0 Å². The zero-order chi connectivity index (χ0) is 29.8. The van der Waals surface area contributed by atoms with E-state index in [4.69, 9.17) is 19.6 Å². The topological polar surface area (TPSA) is 115 Å². The summed E-state index contributed by atoms with van der Waals surface area (Å²) < 4.78 is 13.3. The highest BCUT2D eigenvalue weighted by Crippen LogP contribution is 2.33. The molecule has 2 aromatic carbocycles. The molecule has 1 amide bonds. The lowest BCUT2D eigenvalue weighted by molar-refractivity contribution is 0.146. The van der Waals surface area contributed by atoms with Crippen LogP contribution in [0.4, 0.5) is 10.5 Å². The van der Waals surface area contributed by atoms with Crippen LogP contribution in [0.2, 0.25) is 0 Å². The lowest BCUT2D eigenvalue weighted by Crippen LogP contribution is -2.31. The van der Waals surface area contributed by atoms with Crippen LogP contribution in [0.5, 0.6) is 5.75 Å². The van der Waals surface area contributed by atoms with Crippen LogP contribution in [-0.4, -0.2) is 37.9 Å². The molecule has 6 rings (SSSR count). The predicted molar refractivity (Wildman–Crippen MR) is 164 cm³/mol. The summed E-state index contributed by atoms with van der Waals surface area (Å²) in [6.45, 7) is 2.27. The number of nitrogens with one attached hydrogen (secondary N) is 1. The van der Waals surface area contributed by atoms with Crippen molar-refractivity contribution >= 4 is 22.8 Å². The SMILES string of the molecule is COc1cc(CN(C(=O)OCc2ccccc2)c2ccncc2)ccc1-c1nc2c(C)nn(C3CCCCC3)c2c(=O)[nH]1. The number of methoxy groups -OCH3 is 1. The van der Waals surface area contributed by atoms with Gasteiger partial charge in [0.05, 0.1) is 36.6 Å². The Morgan fingerprint density at radius 3 is 2.53 bits per heavy atom. The Morgan fingerprint density at radius 1 is 1.02 bits per heavy atom. The molecule has 1 fully saturated rings. The van der Waals surface area contributed by atoms with Gasteiger partial charge in [0.15, 0.2) is 5.52 Å².